The lowest BCUT2D eigenvalue weighted by Crippen LogP contribution is -2.39. The number of carbonyl (C=O) groups excluding carboxylic acids is 2. The number of hydrogen-bond acceptors (Lipinski definition) is 7. The van der Waals surface area contributed by atoms with Crippen LogP contribution in [-0.4, -0.2) is 52.0 Å². The first-order valence-electron chi connectivity index (χ1n) is 13.2. The molecule has 0 spiro atoms. The van der Waals surface area contributed by atoms with Crippen LogP contribution in [0.25, 0.3) is 10.8 Å². The molecule has 0 bridgehead atoms. The first-order chi connectivity index (χ1) is 18.6. The minimum atomic E-state index is -4.19. The van der Waals surface area contributed by atoms with Crippen molar-refractivity contribution in [3.8, 4) is 5.75 Å². The van der Waals surface area contributed by atoms with Gasteiger partial charge in [0, 0.05) is 31.3 Å². The molecule has 1 fully saturated rings. The quantitative estimate of drug-likeness (QED) is 0.273. The molecule has 1 N–H and O–H groups in total. The number of benzene rings is 3. The Kier molecular flexibility index (Phi) is 8.92. The predicted octanol–water partition coefficient (Wildman–Crippen LogP) is 4.64. The fraction of sp³-hybridized carbons (Fsp3) is 0.400. The van der Waals surface area contributed by atoms with Gasteiger partial charge < -0.3 is 19.2 Å². The van der Waals surface area contributed by atoms with Crippen LogP contribution in [0.15, 0.2) is 65.6 Å². The molecule has 0 amide bonds. The van der Waals surface area contributed by atoms with E-state index in [1.165, 1.54) is 6.07 Å². The molecule has 3 aromatic carbocycles. The van der Waals surface area contributed by atoms with Gasteiger partial charge in [0.2, 0.25) is 10.0 Å². The Hall–Kier alpha value is -3.43. The van der Waals surface area contributed by atoms with E-state index >= 15 is 0 Å². The van der Waals surface area contributed by atoms with Crippen molar-refractivity contribution in [3.05, 3.63) is 66.2 Å². The van der Waals surface area contributed by atoms with Crippen molar-refractivity contribution in [2.75, 3.05) is 24.6 Å². The molecular formula is C30H36N2O6S. The fourth-order valence-electron chi connectivity index (χ4n) is 4.73. The molecule has 1 heterocycles. The Balaban J connectivity index is 1.55. The predicted molar refractivity (Wildman–Crippen MR) is 152 cm³/mol. The number of aldehydes is 1. The Morgan fingerprint density at radius 3 is 2.49 bits per heavy atom. The van der Waals surface area contributed by atoms with Gasteiger partial charge in [0.25, 0.3) is 0 Å². The molecule has 1 aliphatic heterocycles. The first kappa shape index (κ1) is 28.6. The van der Waals surface area contributed by atoms with E-state index in [1.54, 1.807) is 32.9 Å². The molecule has 3 aromatic rings. The number of anilines is 1. The summed E-state index contributed by atoms with van der Waals surface area (Å²) in [7, 11) is -4.19. The van der Waals surface area contributed by atoms with Crippen LogP contribution < -0.4 is 14.4 Å². The molecule has 0 radical (unpaired) electrons. The van der Waals surface area contributed by atoms with Crippen molar-refractivity contribution >= 4 is 38.7 Å². The number of fused-ring (bicyclic) bond motifs is 1. The summed E-state index contributed by atoms with van der Waals surface area (Å²) < 4.78 is 40.5. The average molecular weight is 553 g/mol. The molecule has 0 saturated carbocycles. The highest BCUT2D eigenvalue weighted by Crippen LogP contribution is 2.31. The third kappa shape index (κ3) is 7.58. The Morgan fingerprint density at radius 2 is 1.77 bits per heavy atom. The summed E-state index contributed by atoms with van der Waals surface area (Å²) in [4.78, 5) is 26.0. The molecule has 1 atom stereocenters. The van der Waals surface area contributed by atoms with E-state index in [0.717, 1.165) is 48.0 Å². The van der Waals surface area contributed by atoms with E-state index in [9.17, 15) is 18.0 Å². The molecule has 1 aliphatic rings. The van der Waals surface area contributed by atoms with Gasteiger partial charge in [0.05, 0.1) is 19.1 Å². The number of nitrogens with zero attached hydrogens (tertiary/aromatic N) is 1. The molecule has 39 heavy (non-hydrogen) atoms. The minimum absolute atomic E-state index is 0.0839. The molecular weight excluding hydrogens is 516 g/mol. The van der Waals surface area contributed by atoms with E-state index in [-0.39, 0.29) is 17.3 Å². The second-order valence-electron chi connectivity index (χ2n) is 10.7. The van der Waals surface area contributed by atoms with Crippen LogP contribution in [-0.2, 0) is 30.8 Å². The Labute approximate surface area is 230 Å². The number of rotatable bonds is 11. The van der Waals surface area contributed by atoms with Gasteiger partial charge in [-0.05, 0) is 62.1 Å². The minimum Gasteiger partial charge on any atom is -0.492 e. The Bertz CT molecular complexity index is 1420. The maximum absolute atomic E-state index is 13.4. The van der Waals surface area contributed by atoms with Crippen LogP contribution in [0.5, 0.6) is 5.75 Å². The molecule has 8 nitrogen and oxygen atoms in total. The van der Waals surface area contributed by atoms with Crippen molar-refractivity contribution in [2.45, 2.75) is 63.0 Å². The van der Waals surface area contributed by atoms with Gasteiger partial charge in [0.15, 0.2) is 0 Å². The van der Waals surface area contributed by atoms with Crippen LogP contribution in [0.4, 0.5) is 5.69 Å². The Morgan fingerprint density at radius 1 is 1.05 bits per heavy atom. The molecule has 1 saturated heterocycles. The lowest BCUT2D eigenvalue weighted by Gasteiger charge is -2.22. The lowest BCUT2D eigenvalue weighted by molar-refractivity contribution is -0.155. The summed E-state index contributed by atoms with van der Waals surface area (Å²) in [5.41, 5.74) is 1.23. The summed E-state index contributed by atoms with van der Waals surface area (Å²) in [5, 5.41) is 2.25. The van der Waals surface area contributed by atoms with Gasteiger partial charge in [-0.3, -0.25) is 4.79 Å². The molecule has 0 aromatic heterocycles. The average Bonchev–Trinajstić information content (AvgIpc) is 3.42. The van der Waals surface area contributed by atoms with E-state index in [4.69, 9.17) is 9.47 Å². The van der Waals surface area contributed by atoms with Gasteiger partial charge in [-0.25, -0.2) is 13.1 Å². The van der Waals surface area contributed by atoms with Crippen LogP contribution in [0.3, 0.4) is 0 Å². The second kappa shape index (κ2) is 12.2. The smallest absolute Gasteiger partial charge is 0.308 e. The van der Waals surface area contributed by atoms with Crippen LogP contribution in [0.1, 0.15) is 45.6 Å². The van der Waals surface area contributed by atoms with E-state index < -0.39 is 34.1 Å². The number of hydrogen-bond donors (Lipinski definition) is 1. The number of ether oxygens (including phenoxy) is 2. The van der Waals surface area contributed by atoms with Crippen molar-refractivity contribution in [1.82, 2.24) is 4.72 Å². The number of esters is 1. The van der Waals surface area contributed by atoms with E-state index in [2.05, 4.69) is 27.8 Å². The van der Waals surface area contributed by atoms with Gasteiger partial charge >= 0.3 is 5.97 Å². The summed E-state index contributed by atoms with van der Waals surface area (Å²) in [5.74, 6) is -0.465. The zero-order chi connectivity index (χ0) is 28.0. The van der Waals surface area contributed by atoms with Crippen LogP contribution in [0, 0.1) is 0 Å². The summed E-state index contributed by atoms with van der Waals surface area (Å²) in [6.07, 6.45) is 2.72. The van der Waals surface area contributed by atoms with E-state index in [0.29, 0.717) is 12.7 Å². The normalized spacial score (nSPS) is 14.8. The second-order valence-corrected chi connectivity index (χ2v) is 12.4. The fourth-order valence-corrected chi connectivity index (χ4v) is 6.02. The standard InChI is InChI=1S/C30H36N2O6S/c1-30(2,3)38-29(34)19-24(21-33)31-39(35,36)28-14-13-25(32-16-6-7-17-32)20-27(28)37-18-15-23-11-8-10-22-9-4-5-12-26(22)23/h4-5,8-14,20-21,24,31H,6-7,15-19H2,1-3H3/t24-/m0/s1. The number of carbonyl (C=O) groups is 2. The highest BCUT2D eigenvalue weighted by Gasteiger charge is 2.28. The molecule has 208 valence electrons. The molecule has 4 rings (SSSR count). The molecule has 0 unspecified atom stereocenters. The molecule has 9 heteroatoms. The topological polar surface area (TPSA) is 102 Å². The van der Waals surface area contributed by atoms with Crippen LogP contribution >= 0.6 is 0 Å². The van der Waals surface area contributed by atoms with Crippen LogP contribution in [0.2, 0.25) is 0 Å². The van der Waals surface area contributed by atoms with Crippen molar-refractivity contribution < 1.29 is 27.5 Å². The highest BCUT2D eigenvalue weighted by atomic mass is 32.2. The largest absolute Gasteiger partial charge is 0.492 e. The maximum atomic E-state index is 13.4. The summed E-state index contributed by atoms with van der Waals surface area (Å²) in [6.45, 7) is 7.15. The van der Waals surface area contributed by atoms with Crippen molar-refractivity contribution in [3.63, 3.8) is 0 Å². The lowest BCUT2D eigenvalue weighted by atomic mass is 10.0. The van der Waals surface area contributed by atoms with Crippen molar-refractivity contribution in [1.29, 1.82) is 0 Å². The van der Waals surface area contributed by atoms with Crippen molar-refractivity contribution in [2.24, 2.45) is 0 Å². The monoisotopic (exact) mass is 552 g/mol. The SMILES string of the molecule is CC(C)(C)OC(=O)C[C@@H](C=O)NS(=O)(=O)c1ccc(N2CCCC2)cc1OCCc1cccc2ccccc12. The van der Waals surface area contributed by atoms with Gasteiger partial charge in [0.1, 0.15) is 22.5 Å². The zero-order valence-corrected chi connectivity index (χ0v) is 23.5. The summed E-state index contributed by atoms with van der Waals surface area (Å²) >= 11 is 0. The first-order valence-corrected chi connectivity index (χ1v) is 14.7. The highest BCUT2D eigenvalue weighted by molar-refractivity contribution is 7.89. The third-order valence-corrected chi connectivity index (χ3v) is 8.00. The van der Waals surface area contributed by atoms with Gasteiger partial charge in [-0.1, -0.05) is 42.5 Å². The van der Waals surface area contributed by atoms with E-state index in [1.807, 2.05) is 24.3 Å². The maximum Gasteiger partial charge on any atom is 0.308 e. The zero-order valence-electron chi connectivity index (χ0n) is 22.7. The van der Waals surface area contributed by atoms with Gasteiger partial charge in [-0.2, -0.15) is 0 Å². The number of sulfonamides is 1. The number of nitrogens with one attached hydrogen (secondary N) is 1. The third-order valence-electron chi connectivity index (χ3n) is 6.47. The van der Waals surface area contributed by atoms with Gasteiger partial charge in [-0.15, -0.1) is 0 Å². The summed E-state index contributed by atoms with van der Waals surface area (Å²) in [6, 6.07) is 17.9. The molecule has 0 aliphatic carbocycles.